The fourth-order valence-corrected chi connectivity index (χ4v) is 2.56. The van der Waals surface area contributed by atoms with Crippen LogP contribution in [0.25, 0.3) is 0 Å². The normalized spacial score (nSPS) is 19.6. The second-order valence-corrected chi connectivity index (χ2v) is 7.24. The number of hydrogen-bond acceptors (Lipinski definition) is 3. The SMILES string of the molecule is CCC(C)CNC1(CNC(=O)OC(C)(C)C)CCCC1. The van der Waals surface area contributed by atoms with Crippen molar-refractivity contribution in [3.05, 3.63) is 0 Å². The maximum atomic E-state index is 11.8. The maximum absolute atomic E-state index is 11.8. The molecule has 1 saturated carbocycles. The number of alkyl carbamates (subject to hydrolysis) is 1. The van der Waals surface area contributed by atoms with E-state index >= 15 is 0 Å². The van der Waals surface area contributed by atoms with Crippen LogP contribution in [-0.4, -0.2) is 30.3 Å². The fourth-order valence-electron chi connectivity index (χ4n) is 2.56. The molecular weight excluding hydrogens is 252 g/mol. The van der Waals surface area contributed by atoms with Crippen LogP contribution >= 0.6 is 0 Å². The van der Waals surface area contributed by atoms with Gasteiger partial charge in [0.1, 0.15) is 5.60 Å². The van der Waals surface area contributed by atoms with Gasteiger partial charge in [-0.15, -0.1) is 0 Å². The molecule has 0 radical (unpaired) electrons. The van der Waals surface area contributed by atoms with Crippen LogP contribution in [0.5, 0.6) is 0 Å². The van der Waals surface area contributed by atoms with Gasteiger partial charge in [0, 0.05) is 12.1 Å². The van der Waals surface area contributed by atoms with Crippen molar-refractivity contribution < 1.29 is 9.53 Å². The predicted molar refractivity (Wildman–Crippen MR) is 82.9 cm³/mol. The highest BCUT2D eigenvalue weighted by Gasteiger charge is 2.34. The number of rotatable bonds is 6. The lowest BCUT2D eigenvalue weighted by molar-refractivity contribution is 0.0509. The number of carbonyl (C=O) groups is 1. The summed E-state index contributed by atoms with van der Waals surface area (Å²) >= 11 is 0. The van der Waals surface area contributed by atoms with Gasteiger partial charge >= 0.3 is 6.09 Å². The summed E-state index contributed by atoms with van der Waals surface area (Å²) in [5.41, 5.74) is -0.364. The summed E-state index contributed by atoms with van der Waals surface area (Å²) in [6.45, 7) is 11.8. The molecule has 0 bridgehead atoms. The Kier molecular flexibility index (Phi) is 6.31. The van der Waals surface area contributed by atoms with Crippen LogP contribution in [0.2, 0.25) is 0 Å². The standard InChI is InChI=1S/C16H32N2O2/c1-6-13(2)11-18-16(9-7-8-10-16)12-17-14(19)20-15(3,4)5/h13,18H,6-12H2,1-5H3,(H,17,19). The van der Waals surface area contributed by atoms with Crippen molar-refractivity contribution in [3.63, 3.8) is 0 Å². The third-order valence-electron chi connectivity index (χ3n) is 4.05. The summed E-state index contributed by atoms with van der Waals surface area (Å²) in [6, 6.07) is 0. The molecule has 0 heterocycles. The van der Waals surface area contributed by atoms with Crippen LogP contribution in [0.15, 0.2) is 0 Å². The molecule has 20 heavy (non-hydrogen) atoms. The lowest BCUT2D eigenvalue weighted by Gasteiger charge is -2.32. The van der Waals surface area contributed by atoms with E-state index < -0.39 is 5.60 Å². The Balaban J connectivity index is 2.44. The first-order valence-electron chi connectivity index (χ1n) is 7.98. The zero-order valence-electron chi connectivity index (χ0n) is 13.8. The van der Waals surface area contributed by atoms with Crippen molar-refractivity contribution in [1.29, 1.82) is 0 Å². The van der Waals surface area contributed by atoms with Gasteiger partial charge in [-0.05, 0) is 46.1 Å². The number of ether oxygens (including phenoxy) is 1. The Labute approximate surface area is 124 Å². The van der Waals surface area contributed by atoms with Gasteiger partial charge in [-0.25, -0.2) is 4.79 Å². The molecule has 1 rings (SSSR count). The fraction of sp³-hybridized carbons (Fsp3) is 0.938. The zero-order chi connectivity index (χ0) is 15.2. The van der Waals surface area contributed by atoms with Crippen LogP contribution in [0.3, 0.4) is 0 Å². The molecule has 0 spiro atoms. The van der Waals surface area contributed by atoms with Crippen LogP contribution < -0.4 is 10.6 Å². The highest BCUT2D eigenvalue weighted by Crippen LogP contribution is 2.29. The molecule has 0 aromatic heterocycles. The van der Waals surface area contributed by atoms with Crippen molar-refractivity contribution in [2.75, 3.05) is 13.1 Å². The van der Waals surface area contributed by atoms with Crippen LogP contribution in [0.1, 0.15) is 66.7 Å². The zero-order valence-corrected chi connectivity index (χ0v) is 13.8. The van der Waals surface area contributed by atoms with Crippen molar-refractivity contribution in [1.82, 2.24) is 10.6 Å². The average Bonchev–Trinajstić information content (AvgIpc) is 2.81. The number of carbonyl (C=O) groups excluding carboxylic acids is 1. The van der Waals surface area contributed by atoms with E-state index in [1.165, 1.54) is 19.3 Å². The largest absolute Gasteiger partial charge is 0.444 e. The van der Waals surface area contributed by atoms with Crippen molar-refractivity contribution in [2.45, 2.75) is 77.9 Å². The molecule has 0 aromatic rings. The van der Waals surface area contributed by atoms with Gasteiger partial charge in [0.2, 0.25) is 0 Å². The first-order valence-corrected chi connectivity index (χ1v) is 7.98. The number of amides is 1. The topological polar surface area (TPSA) is 50.4 Å². The Hall–Kier alpha value is -0.770. The van der Waals surface area contributed by atoms with E-state index in [1.54, 1.807) is 0 Å². The summed E-state index contributed by atoms with van der Waals surface area (Å²) in [6.07, 6.45) is 5.63. The average molecular weight is 284 g/mol. The maximum Gasteiger partial charge on any atom is 0.407 e. The monoisotopic (exact) mass is 284 g/mol. The van der Waals surface area contributed by atoms with Gasteiger partial charge < -0.3 is 15.4 Å². The minimum atomic E-state index is -0.433. The molecule has 1 amide bonds. The van der Waals surface area contributed by atoms with Gasteiger partial charge in [0.25, 0.3) is 0 Å². The third kappa shape index (κ3) is 6.12. The van der Waals surface area contributed by atoms with Crippen molar-refractivity contribution >= 4 is 6.09 Å². The Morgan fingerprint density at radius 2 is 1.90 bits per heavy atom. The predicted octanol–water partition coefficient (Wildman–Crippen LogP) is 3.46. The summed E-state index contributed by atoms with van der Waals surface area (Å²) in [5, 5.41) is 6.63. The van der Waals surface area contributed by atoms with Gasteiger partial charge in [-0.3, -0.25) is 0 Å². The molecule has 1 fully saturated rings. The molecular formula is C16H32N2O2. The van der Waals surface area contributed by atoms with E-state index in [2.05, 4.69) is 24.5 Å². The quantitative estimate of drug-likeness (QED) is 0.785. The van der Waals surface area contributed by atoms with E-state index in [0.717, 1.165) is 19.4 Å². The number of nitrogens with one attached hydrogen (secondary N) is 2. The van der Waals surface area contributed by atoms with Crippen molar-refractivity contribution in [3.8, 4) is 0 Å². The first-order chi connectivity index (χ1) is 9.26. The van der Waals surface area contributed by atoms with Gasteiger partial charge in [0.15, 0.2) is 0 Å². The minimum Gasteiger partial charge on any atom is -0.444 e. The molecule has 2 N–H and O–H groups in total. The molecule has 1 unspecified atom stereocenters. The Bertz CT molecular complexity index is 304. The lowest BCUT2D eigenvalue weighted by Crippen LogP contribution is -2.53. The molecule has 1 aliphatic carbocycles. The van der Waals surface area contributed by atoms with Gasteiger partial charge in [0.05, 0.1) is 0 Å². The van der Waals surface area contributed by atoms with E-state index in [-0.39, 0.29) is 11.6 Å². The van der Waals surface area contributed by atoms with Crippen LogP contribution in [0, 0.1) is 5.92 Å². The lowest BCUT2D eigenvalue weighted by atomic mass is 9.96. The Morgan fingerprint density at radius 3 is 2.40 bits per heavy atom. The van der Waals surface area contributed by atoms with Crippen LogP contribution in [-0.2, 0) is 4.74 Å². The molecule has 0 aromatic carbocycles. The summed E-state index contributed by atoms with van der Waals surface area (Å²) in [4.78, 5) is 11.8. The van der Waals surface area contributed by atoms with E-state index in [0.29, 0.717) is 12.5 Å². The van der Waals surface area contributed by atoms with Crippen molar-refractivity contribution in [2.24, 2.45) is 5.92 Å². The highest BCUT2D eigenvalue weighted by molar-refractivity contribution is 5.67. The van der Waals surface area contributed by atoms with E-state index in [4.69, 9.17) is 4.74 Å². The molecule has 4 nitrogen and oxygen atoms in total. The molecule has 1 atom stereocenters. The Morgan fingerprint density at radius 1 is 1.30 bits per heavy atom. The smallest absolute Gasteiger partial charge is 0.407 e. The second kappa shape index (κ2) is 7.30. The molecule has 4 heteroatoms. The minimum absolute atomic E-state index is 0.0698. The summed E-state index contributed by atoms with van der Waals surface area (Å²) in [7, 11) is 0. The molecule has 1 aliphatic rings. The second-order valence-electron chi connectivity index (χ2n) is 7.24. The highest BCUT2D eigenvalue weighted by atomic mass is 16.6. The molecule has 0 saturated heterocycles. The summed E-state index contributed by atoms with van der Waals surface area (Å²) in [5.74, 6) is 0.675. The molecule has 0 aliphatic heterocycles. The first kappa shape index (κ1) is 17.3. The van der Waals surface area contributed by atoms with Gasteiger partial charge in [-0.1, -0.05) is 33.1 Å². The third-order valence-corrected chi connectivity index (χ3v) is 4.05. The van der Waals surface area contributed by atoms with Crippen LogP contribution in [0.4, 0.5) is 4.79 Å². The van der Waals surface area contributed by atoms with E-state index in [1.807, 2.05) is 20.8 Å². The van der Waals surface area contributed by atoms with Gasteiger partial charge in [-0.2, -0.15) is 0 Å². The summed E-state index contributed by atoms with van der Waals surface area (Å²) < 4.78 is 5.31. The molecule has 118 valence electrons. The number of hydrogen-bond donors (Lipinski definition) is 2. The van der Waals surface area contributed by atoms with E-state index in [9.17, 15) is 4.79 Å².